The second-order valence-corrected chi connectivity index (χ2v) is 4.93. The highest BCUT2D eigenvalue weighted by atomic mass is 16.5. The summed E-state index contributed by atoms with van der Waals surface area (Å²) in [6.45, 7) is 2.16. The van der Waals surface area contributed by atoms with Crippen LogP contribution in [-0.2, 0) is 17.8 Å². The monoisotopic (exact) mass is 314 g/mol. The lowest BCUT2D eigenvalue weighted by atomic mass is 9.98. The molecule has 0 radical (unpaired) electrons. The third-order valence-electron chi connectivity index (χ3n) is 3.44. The summed E-state index contributed by atoms with van der Waals surface area (Å²) in [6.07, 6.45) is 0.493. The molecule has 0 fully saturated rings. The van der Waals surface area contributed by atoms with Gasteiger partial charge in [0.1, 0.15) is 12.4 Å². The van der Waals surface area contributed by atoms with Crippen molar-refractivity contribution in [3.8, 4) is 5.75 Å². The SMILES string of the molecule is CCc1cc(OCc2ccccc2)cc(C(=O)O)c1C(=O)OC. The highest BCUT2D eigenvalue weighted by Gasteiger charge is 2.22. The van der Waals surface area contributed by atoms with Crippen LogP contribution in [0.25, 0.3) is 0 Å². The van der Waals surface area contributed by atoms with E-state index >= 15 is 0 Å². The van der Waals surface area contributed by atoms with Crippen LogP contribution in [0.15, 0.2) is 42.5 Å². The Kier molecular flexibility index (Phi) is 5.36. The number of carboxylic acid groups (broad SMARTS) is 1. The number of hydrogen-bond acceptors (Lipinski definition) is 4. The maximum absolute atomic E-state index is 11.9. The zero-order valence-electron chi connectivity index (χ0n) is 13.0. The first-order chi connectivity index (χ1) is 11.1. The molecule has 0 atom stereocenters. The molecule has 0 aliphatic rings. The molecule has 120 valence electrons. The van der Waals surface area contributed by atoms with Gasteiger partial charge in [-0.1, -0.05) is 37.3 Å². The van der Waals surface area contributed by atoms with E-state index in [2.05, 4.69) is 0 Å². The van der Waals surface area contributed by atoms with E-state index in [1.165, 1.54) is 13.2 Å². The Morgan fingerprint density at radius 1 is 1.13 bits per heavy atom. The van der Waals surface area contributed by atoms with E-state index in [1.54, 1.807) is 6.07 Å². The zero-order valence-corrected chi connectivity index (χ0v) is 13.0. The molecule has 0 unspecified atom stereocenters. The maximum atomic E-state index is 11.9. The molecule has 2 rings (SSSR count). The van der Waals surface area contributed by atoms with Crippen LogP contribution in [0.1, 0.15) is 38.8 Å². The van der Waals surface area contributed by atoms with Gasteiger partial charge < -0.3 is 14.6 Å². The minimum atomic E-state index is -1.19. The van der Waals surface area contributed by atoms with Crippen LogP contribution in [0.5, 0.6) is 5.75 Å². The molecule has 0 saturated heterocycles. The number of carboxylic acids is 1. The number of aromatic carboxylic acids is 1. The molecular weight excluding hydrogens is 296 g/mol. The van der Waals surface area contributed by atoms with Gasteiger partial charge in [0.25, 0.3) is 0 Å². The number of rotatable bonds is 6. The number of ether oxygens (including phenoxy) is 2. The number of benzene rings is 2. The molecular formula is C18H18O5. The van der Waals surface area contributed by atoms with E-state index in [1.807, 2.05) is 37.3 Å². The highest BCUT2D eigenvalue weighted by molar-refractivity contribution is 6.04. The summed E-state index contributed by atoms with van der Waals surface area (Å²) < 4.78 is 10.4. The van der Waals surface area contributed by atoms with Crippen molar-refractivity contribution in [2.75, 3.05) is 7.11 Å². The van der Waals surface area contributed by atoms with Gasteiger partial charge in [0.15, 0.2) is 0 Å². The van der Waals surface area contributed by atoms with Gasteiger partial charge in [0.05, 0.1) is 18.2 Å². The van der Waals surface area contributed by atoms with Crippen LogP contribution in [0.3, 0.4) is 0 Å². The van der Waals surface area contributed by atoms with Crippen molar-refractivity contribution in [2.45, 2.75) is 20.0 Å². The van der Waals surface area contributed by atoms with Crippen LogP contribution in [-0.4, -0.2) is 24.2 Å². The predicted octanol–water partition coefficient (Wildman–Crippen LogP) is 3.31. The number of esters is 1. The Hall–Kier alpha value is -2.82. The number of carbonyl (C=O) groups excluding carboxylic acids is 1. The molecule has 0 heterocycles. The van der Waals surface area contributed by atoms with Gasteiger partial charge in [-0.15, -0.1) is 0 Å². The van der Waals surface area contributed by atoms with E-state index < -0.39 is 11.9 Å². The minimum Gasteiger partial charge on any atom is -0.489 e. The summed E-state index contributed by atoms with van der Waals surface area (Å²) in [4.78, 5) is 23.4. The van der Waals surface area contributed by atoms with Gasteiger partial charge in [-0.3, -0.25) is 0 Å². The van der Waals surface area contributed by atoms with Crippen molar-refractivity contribution >= 4 is 11.9 Å². The lowest BCUT2D eigenvalue weighted by Crippen LogP contribution is -2.14. The van der Waals surface area contributed by atoms with Gasteiger partial charge >= 0.3 is 11.9 Å². The summed E-state index contributed by atoms with van der Waals surface area (Å²) in [7, 11) is 1.23. The zero-order chi connectivity index (χ0) is 16.8. The first kappa shape index (κ1) is 16.5. The molecule has 5 nitrogen and oxygen atoms in total. The maximum Gasteiger partial charge on any atom is 0.339 e. The fourth-order valence-electron chi connectivity index (χ4n) is 2.29. The summed E-state index contributed by atoms with van der Waals surface area (Å²) in [6, 6.07) is 12.6. The standard InChI is InChI=1S/C18H18O5/c1-3-13-9-14(23-11-12-7-5-4-6-8-12)10-15(17(19)20)16(13)18(21)22-2/h4-10H,3,11H2,1-2H3,(H,19,20). The normalized spacial score (nSPS) is 10.2. The molecule has 0 saturated carbocycles. The highest BCUT2D eigenvalue weighted by Crippen LogP contribution is 2.25. The van der Waals surface area contributed by atoms with Crippen LogP contribution in [0, 0.1) is 0 Å². The molecule has 0 amide bonds. The van der Waals surface area contributed by atoms with Gasteiger partial charge in [0, 0.05) is 0 Å². The Labute approximate surface area is 134 Å². The molecule has 2 aromatic carbocycles. The molecule has 23 heavy (non-hydrogen) atoms. The Morgan fingerprint density at radius 3 is 2.39 bits per heavy atom. The molecule has 1 N–H and O–H groups in total. The third kappa shape index (κ3) is 3.88. The first-order valence-corrected chi connectivity index (χ1v) is 7.22. The molecule has 0 aliphatic carbocycles. The topological polar surface area (TPSA) is 72.8 Å². The summed E-state index contributed by atoms with van der Waals surface area (Å²) in [5, 5.41) is 9.38. The summed E-state index contributed by atoms with van der Waals surface area (Å²) >= 11 is 0. The van der Waals surface area contributed by atoms with Gasteiger partial charge in [-0.25, -0.2) is 9.59 Å². The van der Waals surface area contributed by atoms with Gasteiger partial charge in [0.2, 0.25) is 0 Å². The van der Waals surface area contributed by atoms with E-state index in [-0.39, 0.29) is 11.1 Å². The number of aryl methyl sites for hydroxylation is 1. The lowest BCUT2D eigenvalue weighted by Gasteiger charge is -2.13. The molecule has 0 spiro atoms. The van der Waals surface area contributed by atoms with E-state index in [0.717, 1.165) is 5.56 Å². The van der Waals surface area contributed by atoms with Crippen molar-refractivity contribution in [2.24, 2.45) is 0 Å². The first-order valence-electron chi connectivity index (χ1n) is 7.22. The van der Waals surface area contributed by atoms with E-state index in [4.69, 9.17) is 9.47 Å². The Bertz CT molecular complexity index is 707. The van der Waals surface area contributed by atoms with E-state index in [9.17, 15) is 14.7 Å². The van der Waals surface area contributed by atoms with Crippen molar-refractivity contribution in [1.82, 2.24) is 0 Å². The third-order valence-corrected chi connectivity index (χ3v) is 3.44. The lowest BCUT2D eigenvalue weighted by molar-refractivity contribution is 0.0581. The fraction of sp³-hybridized carbons (Fsp3) is 0.222. The van der Waals surface area contributed by atoms with Crippen LogP contribution >= 0.6 is 0 Å². The number of methoxy groups -OCH3 is 1. The van der Waals surface area contributed by atoms with Crippen LogP contribution in [0.4, 0.5) is 0 Å². The number of hydrogen-bond donors (Lipinski definition) is 1. The summed E-state index contributed by atoms with van der Waals surface area (Å²) in [5.74, 6) is -1.44. The van der Waals surface area contributed by atoms with Crippen LogP contribution in [0.2, 0.25) is 0 Å². The molecule has 2 aromatic rings. The molecule has 0 aliphatic heterocycles. The second kappa shape index (κ2) is 7.45. The summed E-state index contributed by atoms with van der Waals surface area (Å²) in [5.41, 5.74) is 1.52. The Morgan fingerprint density at radius 2 is 1.83 bits per heavy atom. The largest absolute Gasteiger partial charge is 0.489 e. The van der Waals surface area contributed by atoms with E-state index in [0.29, 0.717) is 24.3 Å². The van der Waals surface area contributed by atoms with Gasteiger partial charge in [-0.05, 0) is 29.7 Å². The average Bonchev–Trinajstić information content (AvgIpc) is 2.59. The average molecular weight is 314 g/mol. The van der Waals surface area contributed by atoms with Crippen molar-refractivity contribution in [3.05, 3.63) is 64.7 Å². The Balaban J connectivity index is 2.36. The van der Waals surface area contributed by atoms with Crippen molar-refractivity contribution < 1.29 is 24.2 Å². The quantitative estimate of drug-likeness (QED) is 0.828. The fourth-order valence-corrected chi connectivity index (χ4v) is 2.29. The number of carbonyl (C=O) groups is 2. The van der Waals surface area contributed by atoms with Crippen molar-refractivity contribution in [1.29, 1.82) is 0 Å². The molecule has 5 heteroatoms. The van der Waals surface area contributed by atoms with Gasteiger partial charge in [-0.2, -0.15) is 0 Å². The second-order valence-electron chi connectivity index (χ2n) is 4.93. The van der Waals surface area contributed by atoms with Crippen molar-refractivity contribution in [3.63, 3.8) is 0 Å². The minimum absolute atomic E-state index is 0.0783. The molecule has 0 aromatic heterocycles. The van der Waals surface area contributed by atoms with Crippen LogP contribution < -0.4 is 4.74 Å². The predicted molar refractivity (Wildman–Crippen MR) is 84.9 cm³/mol. The molecule has 0 bridgehead atoms. The smallest absolute Gasteiger partial charge is 0.339 e.